The van der Waals surface area contributed by atoms with Crippen molar-refractivity contribution < 1.29 is 14.3 Å². The summed E-state index contributed by atoms with van der Waals surface area (Å²) >= 11 is 0. The lowest BCUT2D eigenvalue weighted by Gasteiger charge is -2.06. The first kappa shape index (κ1) is 20.8. The van der Waals surface area contributed by atoms with Crippen molar-refractivity contribution in [3.8, 4) is 0 Å². The summed E-state index contributed by atoms with van der Waals surface area (Å²) in [5.41, 5.74) is -0.211. The second-order valence-corrected chi connectivity index (χ2v) is 6.10. The van der Waals surface area contributed by atoms with E-state index < -0.39 is 11.2 Å². The molecule has 0 spiro atoms. The molecule has 150 valence electrons. The van der Waals surface area contributed by atoms with Crippen LogP contribution in [0.4, 0.5) is 0 Å². The van der Waals surface area contributed by atoms with Gasteiger partial charge in [-0.3, -0.25) is 18.7 Å². The van der Waals surface area contributed by atoms with Gasteiger partial charge >= 0.3 is 5.69 Å². The van der Waals surface area contributed by atoms with Crippen molar-refractivity contribution in [3.05, 3.63) is 26.7 Å². The fourth-order valence-corrected chi connectivity index (χ4v) is 2.62. The highest BCUT2D eigenvalue weighted by atomic mass is 16.5. The maximum atomic E-state index is 12.1. The van der Waals surface area contributed by atoms with Gasteiger partial charge in [-0.15, -0.1) is 0 Å². The Morgan fingerprint density at radius 3 is 2.63 bits per heavy atom. The number of nitrogens with one attached hydrogen (secondary N) is 2. The number of ether oxygens (including phenoxy) is 2. The van der Waals surface area contributed by atoms with Crippen LogP contribution in [0.5, 0.6) is 0 Å². The number of aromatic amines is 1. The molecule has 2 aromatic rings. The summed E-state index contributed by atoms with van der Waals surface area (Å²) in [7, 11) is 2.99. The number of carbonyl (C=O) groups excluding carboxylic acids is 1. The van der Waals surface area contributed by atoms with Crippen molar-refractivity contribution in [3.63, 3.8) is 0 Å². The van der Waals surface area contributed by atoms with Gasteiger partial charge in [-0.25, -0.2) is 9.78 Å². The van der Waals surface area contributed by atoms with Crippen LogP contribution in [-0.2, 0) is 34.8 Å². The van der Waals surface area contributed by atoms with Gasteiger partial charge in [-0.05, 0) is 13.3 Å². The van der Waals surface area contributed by atoms with Crippen molar-refractivity contribution in [2.24, 2.45) is 14.1 Å². The summed E-state index contributed by atoms with van der Waals surface area (Å²) in [4.78, 5) is 43.1. The average Bonchev–Trinajstić information content (AvgIpc) is 3.08. The molecule has 10 heteroatoms. The van der Waals surface area contributed by atoms with Crippen LogP contribution in [0.3, 0.4) is 0 Å². The molecule has 2 N–H and O–H groups in total. The Hall–Kier alpha value is -2.46. The quantitative estimate of drug-likeness (QED) is 0.504. The molecule has 1 amide bonds. The molecule has 2 heterocycles. The van der Waals surface area contributed by atoms with E-state index in [1.807, 2.05) is 6.92 Å². The molecule has 0 aromatic carbocycles. The number of hydrogen-bond acceptors (Lipinski definition) is 6. The minimum atomic E-state index is -0.423. The molecule has 0 aliphatic heterocycles. The number of amides is 1. The molecule has 0 saturated carbocycles. The highest BCUT2D eigenvalue weighted by Crippen LogP contribution is 2.07. The van der Waals surface area contributed by atoms with Crippen molar-refractivity contribution in [2.75, 3.05) is 33.0 Å². The van der Waals surface area contributed by atoms with Gasteiger partial charge in [-0.2, -0.15) is 0 Å². The minimum Gasteiger partial charge on any atom is -0.379 e. The fraction of sp³-hybridized carbons (Fsp3) is 0.647. The van der Waals surface area contributed by atoms with Crippen LogP contribution in [0.15, 0.2) is 9.59 Å². The molecular formula is C17H27N5O5. The largest absolute Gasteiger partial charge is 0.379 e. The summed E-state index contributed by atoms with van der Waals surface area (Å²) in [5.74, 6) is 0.512. The van der Waals surface area contributed by atoms with E-state index in [9.17, 15) is 14.4 Å². The maximum Gasteiger partial charge on any atom is 0.332 e. The number of rotatable bonds is 11. The number of nitrogens with zero attached hydrogens (tertiary/aromatic N) is 3. The van der Waals surface area contributed by atoms with Crippen molar-refractivity contribution in [1.82, 2.24) is 24.4 Å². The van der Waals surface area contributed by atoms with Gasteiger partial charge in [0.05, 0.1) is 19.8 Å². The summed E-state index contributed by atoms with van der Waals surface area (Å²) in [6.45, 7) is 4.55. The predicted molar refractivity (Wildman–Crippen MR) is 99.8 cm³/mol. The highest BCUT2D eigenvalue weighted by Gasteiger charge is 2.13. The Morgan fingerprint density at radius 2 is 1.89 bits per heavy atom. The number of fused-ring (bicyclic) bond motifs is 1. The van der Waals surface area contributed by atoms with Crippen molar-refractivity contribution in [1.29, 1.82) is 0 Å². The van der Waals surface area contributed by atoms with Crippen LogP contribution in [0, 0.1) is 0 Å². The minimum absolute atomic E-state index is 0.0668. The molecule has 0 radical (unpaired) electrons. The molecule has 0 atom stereocenters. The van der Waals surface area contributed by atoms with E-state index in [1.165, 1.54) is 11.6 Å². The van der Waals surface area contributed by atoms with Gasteiger partial charge in [0.1, 0.15) is 11.3 Å². The first-order valence-corrected chi connectivity index (χ1v) is 9.02. The van der Waals surface area contributed by atoms with E-state index in [0.29, 0.717) is 69.2 Å². The Bertz CT molecular complexity index is 882. The first-order valence-electron chi connectivity index (χ1n) is 9.02. The van der Waals surface area contributed by atoms with Crippen LogP contribution in [0.2, 0.25) is 0 Å². The average molecular weight is 381 g/mol. The monoisotopic (exact) mass is 381 g/mol. The highest BCUT2D eigenvalue weighted by molar-refractivity contribution is 5.75. The normalized spacial score (nSPS) is 11.2. The topological polar surface area (TPSA) is 120 Å². The third-order valence-electron chi connectivity index (χ3n) is 4.11. The van der Waals surface area contributed by atoms with E-state index in [4.69, 9.17) is 9.47 Å². The van der Waals surface area contributed by atoms with Gasteiger partial charge in [0.25, 0.3) is 5.56 Å². The Morgan fingerprint density at radius 1 is 1.15 bits per heavy atom. The number of aryl methyl sites for hydroxylation is 2. The maximum absolute atomic E-state index is 12.1. The first-order chi connectivity index (χ1) is 13.0. The van der Waals surface area contributed by atoms with Crippen LogP contribution >= 0.6 is 0 Å². The molecule has 2 aromatic heterocycles. The van der Waals surface area contributed by atoms with Gasteiger partial charge in [0.2, 0.25) is 5.91 Å². The summed E-state index contributed by atoms with van der Waals surface area (Å²) < 4.78 is 12.8. The van der Waals surface area contributed by atoms with Crippen molar-refractivity contribution >= 4 is 17.1 Å². The summed E-state index contributed by atoms with van der Waals surface area (Å²) in [5, 5.41) is 2.79. The molecular weight excluding hydrogens is 354 g/mol. The molecule has 0 saturated heterocycles. The number of aromatic nitrogens is 4. The summed E-state index contributed by atoms with van der Waals surface area (Å²) in [6, 6.07) is 0. The molecule has 0 bridgehead atoms. The number of carbonyl (C=O) groups is 1. The molecule has 0 unspecified atom stereocenters. The predicted octanol–water partition coefficient (Wildman–Crippen LogP) is -0.548. The third-order valence-corrected chi connectivity index (χ3v) is 4.11. The molecule has 27 heavy (non-hydrogen) atoms. The molecule has 0 aliphatic rings. The van der Waals surface area contributed by atoms with E-state index >= 15 is 0 Å². The van der Waals surface area contributed by atoms with Crippen LogP contribution in [0.25, 0.3) is 11.2 Å². The number of imidazole rings is 1. The zero-order valence-electron chi connectivity index (χ0n) is 16.0. The van der Waals surface area contributed by atoms with E-state index in [2.05, 4.69) is 15.3 Å². The van der Waals surface area contributed by atoms with Crippen LogP contribution in [0.1, 0.15) is 25.6 Å². The van der Waals surface area contributed by atoms with Gasteiger partial charge in [0.15, 0.2) is 5.65 Å². The number of hydrogen-bond donors (Lipinski definition) is 2. The zero-order chi connectivity index (χ0) is 19.8. The second kappa shape index (κ2) is 10.0. The Labute approximate surface area is 156 Å². The fourth-order valence-electron chi connectivity index (χ4n) is 2.62. The van der Waals surface area contributed by atoms with Crippen molar-refractivity contribution in [2.45, 2.75) is 26.2 Å². The Kier molecular flexibility index (Phi) is 7.74. The standard InChI is InChI=1S/C17H27N5O5/c1-4-26-10-11-27-9-8-18-13(23)7-5-6-12-19-14-15(20-12)21(2)17(25)22(3)16(14)24/h4-11H2,1-3H3,(H,18,23)(H,19,20). The molecule has 0 fully saturated rings. The van der Waals surface area contributed by atoms with E-state index in [1.54, 1.807) is 7.05 Å². The second-order valence-electron chi connectivity index (χ2n) is 6.10. The molecule has 0 aliphatic carbocycles. The smallest absolute Gasteiger partial charge is 0.332 e. The SMILES string of the molecule is CCOCCOCCNC(=O)CCCc1nc2c([nH]1)c(=O)n(C)c(=O)n2C. The number of H-pyrrole nitrogens is 1. The van der Waals surface area contributed by atoms with E-state index in [0.717, 1.165) is 4.57 Å². The lowest BCUT2D eigenvalue weighted by Crippen LogP contribution is -2.36. The molecule has 10 nitrogen and oxygen atoms in total. The molecule has 2 rings (SSSR count). The van der Waals surface area contributed by atoms with E-state index in [-0.39, 0.29) is 5.91 Å². The Balaban J connectivity index is 1.76. The van der Waals surface area contributed by atoms with Gasteiger partial charge < -0.3 is 19.8 Å². The third kappa shape index (κ3) is 5.51. The summed E-state index contributed by atoms with van der Waals surface area (Å²) in [6.07, 6.45) is 1.42. The van der Waals surface area contributed by atoms with Gasteiger partial charge in [0, 0.05) is 40.1 Å². The van der Waals surface area contributed by atoms with Crippen LogP contribution < -0.4 is 16.6 Å². The van der Waals surface area contributed by atoms with Crippen LogP contribution in [-0.4, -0.2) is 58.0 Å². The lowest BCUT2D eigenvalue weighted by atomic mass is 10.2. The van der Waals surface area contributed by atoms with Gasteiger partial charge in [-0.1, -0.05) is 0 Å². The lowest BCUT2D eigenvalue weighted by molar-refractivity contribution is -0.121. The zero-order valence-corrected chi connectivity index (χ0v) is 16.0.